The van der Waals surface area contributed by atoms with E-state index in [2.05, 4.69) is 0 Å². The molecular weight excluding hydrogens is 254 g/mol. The number of hydrogen-bond acceptors (Lipinski definition) is 5. The third-order valence-electron chi connectivity index (χ3n) is 2.25. The van der Waals surface area contributed by atoms with Crippen LogP contribution in [0.25, 0.3) is 0 Å². The molecule has 0 aliphatic carbocycles. The van der Waals surface area contributed by atoms with E-state index in [1.165, 1.54) is 18.2 Å². The molecule has 0 aliphatic rings. The molecule has 0 spiro atoms. The van der Waals surface area contributed by atoms with Crippen molar-refractivity contribution in [2.75, 3.05) is 19.8 Å². The number of nitro groups is 1. The van der Waals surface area contributed by atoms with Crippen LogP contribution in [-0.2, 0) is 4.74 Å². The molecule has 0 bridgehead atoms. The van der Waals surface area contributed by atoms with E-state index < -0.39 is 22.1 Å². The number of hydrogen-bond donors (Lipinski definition) is 1. The molecule has 0 aromatic heterocycles. The molecule has 7 heteroatoms. The number of carboxylic acid groups (broad SMARTS) is 1. The zero-order chi connectivity index (χ0) is 14.3. The monoisotopic (exact) mass is 269 g/mol. The summed E-state index contributed by atoms with van der Waals surface area (Å²) in [6.07, 6.45) is 0.870. The van der Waals surface area contributed by atoms with Crippen molar-refractivity contribution in [1.29, 1.82) is 0 Å². The molecule has 1 aromatic rings. The molecule has 0 unspecified atom stereocenters. The number of benzene rings is 1. The van der Waals surface area contributed by atoms with Crippen LogP contribution < -0.4 is 4.74 Å². The topological polar surface area (TPSA) is 98.9 Å². The predicted molar refractivity (Wildman–Crippen MR) is 66.7 cm³/mol. The number of rotatable bonds is 8. The van der Waals surface area contributed by atoms with E-state index in [-0.39, 0.29) is 12.4 Å². The summed E-state index contributed by atoms with van der Waals surface area (Å²) in [5, 5.41) is 19.8. The molecule has 19 heavy (non-hydrogen) atoms. The molecule has 1 N–H and O–H groups in total. The molecule has 1 aromatic carbocycles. The van der Waals surface area contributed by atoms with Crippen molar-refractivity contribution >= 4 is 11.7 Å². The third-order valence-corrected chi connectivity index (χ3v) is 2.25. The molecule has 0 aliphatic heterocycles. The molecule has 0 fully saturated rings. The summed E-state index contributed by atoms with van der Waals surface area (Å²) >= 11 is 0. The van der Waals surface area contributed by atoms with Gasteiger partial charge in [0.15, 0.2) is 5.75 Å². The van der Waals surface area contributed by atoms with Gasteiger partial charge in [-0.15, -0.1) is 0 Å². The van der Waals surface area contributed by atoms with Crippen molar-refractivity contribution in [2.45, 2.75) is 13.3 Å². The zero-order valence-electron chi connectivity index (χ0n) is 10.5. The van der Waals surface area contributed by atoms with Gasteiger partial charge < -0.3 is 14.6 Å². The summed E-state index contributed by atoms with van der Waals surface area (Å²) < 4.78 is 10.4. The molecule has 104 valence electrons. The van der Waals surface area contributed by atoms with E-state index in [0.29, 0.717) is 13.2 Å². The highest BCUT2D eigenvalue weighted by Crippen LogP contribution is 2.30. The lowest BCUT2D eigenvalue weighted by Crippen LogP contribution is -2.10. The van der Waals surface area contributed by atoms with Crippen molar-refractivity contribution in [3.05, 3.63) is 33.9 Å². The number of carboxylic acids is 1. The average Bonchev–Trinajstić information content (AvgIpc) is 2.37. The maximum atomic E-state index is 10.9. The Bertz CT molecular complexity index is 460. The van der Waals surface area contributed by atoms with Crippen LogP contribution in [0.3, 0.4) is 0 Å². The van der Waals surface area contributed by atoms with Crippen LogP contribution in [-0.4, -0.2) is 35.8 Å². The second kappa shape index (κ2) is 7.32. The highest BCUT2D eigenvalue weighted by atomic mass is 16.6. The molecule has 1 rings (SSSR count). The summed E-state index contributed by atoms with van der Waals surface area (Å²) in [4.78, 5) is 21.1. The van der Waals surface area contributed by atoms with Gasteiger partial charge in [0.05, 0.1) is 11.5 Å². The SMILES string of the molecule is CCCOCCOc1cccc(C(=O)O)c1[N+](=O)[O-]. The van der Waals surface area contributed by atoms with Gasteiger partial charge in [-0.2, -0.15) is 0 Å². The minimum Gasteiger partial charge on any atom is -0.484 e. The fourth-order valence-corrected chi connectivity index (χ4v) is 1.46. The largest absolute Gasteiger partial charge is 0.484 e. The molecule has 0 radical (unpaired) electrons. The minimum absolute atomic E-state index is 0.0648. The van der Waals surface area contributed by atoms with Gasteiger partial charge in [-0.3, -0.25) is 10.1 Å². The maximum Gasteiger partial charge on any atom is 0.342 e. The maximum absolute atomic E-state index is 10.9. The van der Waals surface area contributed by atoms with Gasteiger partial charge >= 0.3 is 11.7 Å². The highest BCUT2D eigenvalue weighted by molar-refractivity contribution is 5.93. The number of carbonyl (C=O) groups is 1. The normalized spacial score (nSPS) is 10.2. The van der Waals surface area contributed by atoms with Crippen LogP contribution >= 0.6 is 0 Å². The van der Waals surface area contributed by atoms with Crippen molar-refractivity contribution < 1.29 is 24.3 Å². The van der Waals surface area contributed by atoms with E-state index in [4.69, 9.17) is 14.6 Å². The Hall–Kier alpha value is -2.15. The summed E-state index contributed by atoms with van der Waals surface area (Å²) in [6.45, 7) is 2.97. The Morgan fingerprint density at radius 2 is 2.11 bits per heavy atom. The number of nitrogens with zero attached hydrogens (tertiary/aromatic N) is 1. The van der Waals surface area contributed by atoms with Gasteiger partial charge in [-0.25, -0.2) is 4.79 Å². The van der Waals surface area contributed by atoms with Gasteiger partial charge in [0, 0.05) is 6.61 Å². The molecular formula is C12H15NO6. The standard InChI is InChI=1S/C12H15NO6/c1-2-6-18-7-8-19-10-5-3-4-9(12(14)15)11(10)13(16)17/h3-5H,2,6-8H2,1H3,(H,14,15). The number of nitro benzene ring substituents is 1. The Kier molecular flexibility index (Phi) is 5.74. The van der Waals surface area contributed by atoms with E-state index in [9.17, 15) is 14.9 Å². The van der Waals surface area contributed by atoms with E-state index in [1.807, 2.05) is 6.92 Å². The van der Waals surface area contributed by atoms with Crippen molar-refractivity contribution in [3.8, 4) is 5.75 Å². The van der Waals surface area contributed by atoms with Gasteiger partial charge in [0.1, 0.15) is 12.2 Å². The van der Waals surface area contributed by atoms with Crippen LogP contribution in [0.1, 0.15) is 23.7 Å². The Morgan fingerprint density at radius 1 is 1.37 bits per heavy atom. The van der Waals surface area contributed by atoms with Crippen molar-refractivity contribution in [2.24, 2.45) is 0 Å². The van der Waals surface area contributed by atoms with Crippen molar-refractivity contribution in [3.63, 3.8) is 0 Å². The van der Waals surface area contributed by atoms with E-state index in [1.54, 1.807) is 0 Å². The molecule has 0 saturated heterocycles. The predicted octanol–water partition coefficient (Wildman–Crippen LogP) is 2.10. The van der Waals surface area contributed by atoms with Gasteiger partial charge in [0.2, 0.25) is 0 Å². The first kappa shape index (κ1) is 14.9. The van der Waals surface area contributed by atoms with Crippen LogP contribution in [0, 0.1) is 10.1 Å². The minimum atomic E-state index is -1.36. The molecule has 0 atom stereocenters. The van der Waals surface area contributed by atoms with E-state index >= 15 is 0 Å². The zero-order valence-corrected chi connectivity index (χ0v) is 10.5. The van der Waals surface area contributed by atoms with E-state index in [0.717, 1.165) is 6.42 Å². The summed E-state index contributed by atoms with van der Waals surface area (Å²) in [5.74, 6) is -1.43. The fourth-order valence-electron chi connectivity index (χ4n) is 1.46. The molecule has 7 nitrogen and oxygen atoms in total. The quantitative estimate of drug-likeness (QED) is 0.440. The van der Waals surface area contributed by atoms with Gasteiger partial charge in [0.25, 0.3) is 0 Å². The average molecular weight is 269 g/mol. The summed E-state index contributed by atoms with van der Waals surface area (Å²) in [7, 11) is 0. The summed E-state index contributed by atoms with van der Waals surface area (Å²) in [6, 6.07) is 3.93. The second-order valence-electron chi connectivity index (χ2n) is 3.68. The van der Waals surface area contributed by atoms with Crippen molar-refractivity contribution in [1.82, 2.24) is 0 Å². The Morgan fingerprint density at radius 3 is 2.68 bits per heavy atom. The fraction of sp³-hybridized carbons (Fsp3) is 0.417. The number of aromatic carboxylic acids is 1. The molecule has 0 saturated carbocycles. The van der Waals surface area contributed by atoms with Gasteiger partial charge in [-0.05, 0) is 18.6 Å². The van der Waals surface area contributed by atoms with Crippen LogP contribution in [0.15, 0.2) is 18.2 Å². The Labute approximate surface area is 109 Å². The van der Waals surface area contributed by atoms with Crippen LogP contribution in [0.2, 0.25) is 0 Å². The lowest BCUT2D eigenvalue weighted by atomic mass is 10.1. The molecule has 0 amide bonds. The lowest BCUT2D eigenvalue weighted by Gasteiger charge is -2.08. The first-order chi connectivity index (χ1) is 9.07. The summed E-state index contributed by atoms with van der Waals surface area (Å²) in [5.41, 5.74) is -0.928. The smallest absolute Gasteiger partial charge is 0.342 e. The highest BCUT2D eigenvalue weighted by Gasteiger charge is 2.25. The third kappa shape index (κ3) is 4.22. The van der Waals surface area contributed by atoms with Crippen LogP contribution in [0.4, 0.5) is 5.69 Å². The number of para-hydroxylation sites is 1. The lowest BCUT2D eigenvalue weighted by molar-refractivity contribution is -0.386. The second-order valence-corrected chi connectivity index (χ2v) is 3.68. The molecule has 0 heterocycles. The Balaban J connectivity index is 2.80. The van der Waals surface area contributed by atoms with Crippen LogP contribution in [0.5, 0.6) is 5.75 Å². The first-order valence-electron chi connectivity index (χ1n) is 5.79. The first-order valence-corrected chi connectivity index (χ1v) is 5.79. The van der Waals surface area contributed by atoms with Gasteiger partial charge in [-0.1, -0.05) is 13.0 Å². The number of ether oxygens (including phenoxy) is 2.